The molecule has 0 aliphatic carbocycles. The van der Waals surface area contributed by atoms with Crippen molar-refractivity contribution >= 4 is 12.4 Å². The van der Waals surface area contributed by atoms with E-state index < -0.39 is 0 Å². The summed E-state index contributed by atoms with van der Waals surface area (Å²) in [6, 6.07) is 10.1. The van der Waals surface area contributed by atoms with Gasteiger partial charge in [-0.2, -0.15) is 0 Å². The molecule has 1 nitrogen and oxygen atoms in total. The van der Waals surface area contributed by atoms with Crippen LogP contribution in [0, 0.1) is 0 Å². The maximum Gasteiger partial charge on any atom is 0.145 e. The van der Waals surface area contributed by atoms with Crippen LogP contribution in [0.15, 0.2) is 60.2 Å². The van der Waals surface area contributed by atoms with E-state index in [9.17, 15) is 4.79 Å². The van der Waals surface area contributed by atoms with Gasteiger partial charge in [0.2, 0.25) is 0 Å². The molecule has 0 heterocycles. The van der Waals surface area contributed by atoms with Gasteiger partial charge in [-0.05, 0) is 18.1 Å². The van der Waals surface area contributed by atoms with Crippen LogP contribution in [-0.2, 0) is 4.79 Å². The van der Waals surface area contributed by atoms with Crippen LogP contribution < -0.4 is 0 Å². The first kappa shape index (κ1) is 11.2. The zero-order valence-corrected chi connectivity index (χ0v) is 8.76. The number of allylic oxidation sites excluding steroid dienone is 5. The molecule has 76 valence electrons. The Morgan fingerprint density at radius 1 is 1.07 bits per heavy atom. The van der Waals surface area contributed by atoms with Crippen molar-refractivity contribution in [2.24, 2.45) is 0 Å². The Labute approximate surface area is 90.4 Å². The number of benzene rings is 1. The van der Waals surface area contributed by atoms with Crippen LogP contribution in [0.25, 0.3) is 6.08 Å². The molecule has 0 aliphatic rings. The van der Waals surface area contributed by atoms with Gasteiger partial charge in [-0.25, -0.2) is 0 Å². The molecule has 0 amide bonds. The second kappa shape index (κ2) is 6.55. The Balaban J connectivity index is 2.50. The highest BCUT2D eigenvalue weighted by Crippen LogP contribution is 2.00. The minimum atomic E-state index is 0.722. The van der Waals surface area contributed by atoms with Crippen LogP contribution in [0.1, 0.15) is 12.5 Å². The first-order chi connectivity index (χ1) is 7.33. The summed E-state index contributed by atoms with van der Waals surface area (Å²) in [6.45, 7) is 1.78. The largest absolute Gasteiger partial charge is 0.298 e. The number of aldehydes is 1. The summed E-state index contributed by atoms with van der Waals surface area (Å²) in [7, 11) is 0. The highest BCUT2D eigenvalue weighted by Gasteiger charge is 1.80. The number of carbonyl (C=O) groups is 1. The molecular formula is C14H14O. The standard InChI is InChI=1S/C14H14O/c1-13(12-15)8-4-2-5-9-14-10-6-3-7-11-14/h2-12H,1H3/b4-2+,9-5+,13-8+. The lowest BCUT2D eigenvalue weighted by Gasteiger charge is -1.88. The van der Waals surface area contributed by atoms with Crippen LogP contribution in [0.5, 0.6) is 0 Å². The fourth-order valence-corrected chi connectivity index (χ4v) is 1.04. The van der Waals surface area contributed by atoms with E-state index in [0.29, 0.717) is 0 Å². The highest BCUT2D eigenvalue weighted by atomic mass is 16.1. The average Bonchev–Trinajstić information content (AvgIpc) is 2.29. The molecular weight excluding hydrogens is 184 g/mol. The Hall–Kier alpha value is -1.89. The van der Waals surface area contributed by atoms with Crippen molar-refractivity contribution in [3.8, 4) is 0 Å². The van der Waals surface area contributed by atoms with Crippen molar-refractivity contribution < 1.29 is 4.79 Å². The summed E-state index contributed by atoms with van der Waals surface area (Å²) < 4.78 is 0. The number of rotatable bonds is 4. The highest BCUT2D eigenvalue weighted by molar-refractivity contribution is 5.72. The average molecular weight is 198 g/mol. The van der Waals surface area contributed by atoms with E-state index in [0.717, 1.165) is 11.9 Å². The van der Waals surface area contributed by atoms with Crippen LogP contribution >= 0.6 is 0 Å². The van der Waals surface area contributed by atoms with Gasteiger partial charge in [0.1, 0.15) is 6.29 Å². The Bertz CT molecular complexity index is 383. The van der Waals surface area contributed by atoms with E-state index in [2.05, 4.69) is 0 Å². The molecule has 15 heavy (non-hydrogen) atoms. The first-order valence-corrected chi connectivity index (χ1v) is 4.85. The van der Waals surface area contributed by atoms with E-state index in [1.54, 1.807) is 13.0 Å². The number of carbonyl (C=O) groups excluding carboxylic acids is 1. The van der Waals surface area contributed by atoms with Crippen molar-refractivity contribution in [1.82, 2.24) is 0 Å². The van der Waals surface area contributed by atoms with E-state index in [-0.39, 0.29) is 0 Å². The van der Waals surface area contributed by atoms with E-state index in [1.165, 1.54) is 5.56 Å². The van der Waals surface area contributed by atoms with E-state index in [1.807, 2.05) is 54.6 Å². The van der Waals surface area contributed by atoms with Crippen LogP contribution in [0.4, 0.5) is 0 Å². The molecule has 1 aromatic carbocycles. The molecule has 0 fully saturated rings. The number of hydrogen-bond acceptors (Lipinski definition) is 1. The third-order valence-corrected chi connectivity index (χ3v) is 1.86. The lowest BCUT2D eigenvalue weighted by Crippen LogP contribution is -1.71. The molecule has 1 heteroatoms. The lowest BCUT2D eigenvalue weighted by molar-refractivity contribution is -0.104. The molecule has 0 aromatic heterocycles. The molecule has 0 N–H and O–H groups in total. The molecule has 1 aromatic rings. The molecule has 0 atom stereocenters. The maximum atomic E-state index is 10.3. The van der Waals surface area contributed by atoms with Gasteiger partial charge < -0.3 is 0 Å². The second-order valence-electron chi connectivity index (χ2n) is 3.18. The van der Waals surface area contributed by atoms with Crippen LogP contribution in [0.3, 0.4) is 0 Å². The summed E-state index contributed by atoms with van der Waals surface area (Å²) >= 11 is 0. The SMILES string of the molecule is C\C(C=O)=C/C=C/C=C/c1ccccc1. The monoisotopic (exact) mass is 198 g/mol. The molecule has 0 radical (unpaired) electrons. The second-order valence-corrected chi connectivity index (χ2v) is 3.18. The maximum absolute atomic E-state index is 10.3. The van der Waals surface area contributed by atoms with Crippen LogP contribution in [-0.4, -0.2) is 6.29 Å². The van der Waals surface area contributed by atoms with Crippen molar-refractivity contribution in [3.05, 3.63) is 65.8 Å². The predicted molar refractivity (Wildman–Crippen MR) is 64.4 cm³/mol. The molecule has 0 bridgehead atoms. The van der Waals surface area contributed by atoms with Gasteiger partial charge in [0, 0.05) is 0 Å². The third kappa shape index (κ3) is 4.77. The minimum Gasteiger partial charge on any atom is -0.298 e. The summed E-state index contributed by atoms with van der Waals surface area (Å²) in [4.78, 5) is 10.3. The molecule has 0 saturated carbocycles. The van der Waals surface area contributed by atoms with Crippen molar-refractivity contribution in [2.75, 3.05) is 0 Å². The Kier molecular flexibility index (Phi) is 4.88. The molecule has 1 rings (SSSR count). The van der Waals surface area contributed by atoms with E-state index in [4.69, 9.17) is 0 Å². The molecule has 0 aliphatic heterocycles. The van der Waals surface area contributed by atoms with Gasteiger partial charge in [0.25, 0.3) is 0 Å². The zero-order valence-electron chi connectivity index (χ0n) is 8.76. The molecule has 0 saturated heterocycles. The predicted octanol–water partition coefficient (Wildman–Crippen LogP) is 3.40. The summed E-state index contributed by atoms with van der Waals surface area (Å²) in [5, 5.41) is 0. The summed E-state index contributed by atoms with van der Waals surface area (Å²) in [5.41, 5.74) is 1.89. The van der Waals surface area contributed by atoms with Gasteiger partial charge in [0.05, 0.1) is 0 Å². The quantitative estimate of drug-likeness (QED) is 0.411. The lowest BCUT2D eigenvalue weighted by atomic mass is 10.2. The van der Waals surface area contributed by atoms with Gasteiger partial charge in [0.15, 0.2) is 0 Å². The fraction of sp³-hybridized carbons (Fsp3) is 0.0714. The Morgan fingerprint density at radius 2 is 1.80 bits per heavy atom. The van der Waals surface area contributed by atoms with Gasteiger partial charge in [-0.3, -0.25) is 4.79 Å². The fourth-order valence-electron chi connectivity index (χ4n) is 1.04. The smallest absolute Gasteiger partial charge is 0.145 e. The summed E-state index contributed by atoms with van der Waals surface area (Å²) in [6.07, 6.45) is 10.3. The van der Waals surface area contributed by atoms with Gasteiger partial charge in [-0.1, -0.05) is 60.7 Å². The number of hydrogen-bond donors (Lipinski definition) is 0. The molecule has 0 unspecified atom stereocenters. The van der Waals surface area contributed by atoms with Crippen molar-refractivity contribution in [2.45, 2.75) is 6.92 Å². The van der Waals surface area contributed by atoms with E-state index >= 15 is 0 Å². The van der Waals surface area contributed by atoms with Crippen molar-refractivity contribution in [3.63, 3.8) is 0 Å². The molecule has 0 spiro atoms. The normalized spacial score (nSPS) is 12.5. The van der Waals surface area contributed by atoms with Crippen LogP contribution in [0.2, 0.25) is 0 Å². The third-order valence-electron chi connectivity index (χ3n) is 1.86. The zero-order chi connectivity index (χ0) is 10.9. The first-order valence-electron chi connectivity index (χ1n) is 4.85. The Morgan fingerprint density at radius 3 is 2.47 bits per heavy atom. The van der Waals surface area contributed by atoms with Gasteiger partial charge in [-0.15, -0.1) is 0 Å². The van der Waals surface area contributed by atoms with Gasteiger partial charge >= 0.3 is 0 Å². The summed E-state index contributed by atoms with van der Waals surface area (Å²) in [5.74, 6) is 0. The minimum absolute atomic E-state index is 0.722. The topological polar surface area (TPSA) is 17.1 Å². The van der Waals surface area contributed by atoms with Crippen molar-refractivity contribution in [1.29, 1.82) is 0 Å².